The van der Waals surface area contributed by atoms with Gasteiger partial charge in [-0.1, -0.05) is 0 Å². The predicted molar refractivity (Wildman–Crippen MR) is 132 cm³/mol. The minimum absolute atomic E-state index is 0.116. The number of carbonyl (C=O) groups excluding carboxylic acids is 1. The molecule has 3 heterocycles. The average molecular weight is 491 g/mol. The third kappa shape index (κ3) is 5.70. The summed E-state index contributed by atoms with van der Waals surface area (Å²) < 4.78 is 38.2. The van der Waals surface area contributed by atoms with Crippen molar-refractivity contribution in [3.8, 4) is 0 Å². The normalized spacial score (nSPS) is 15.3. The van der Waals surface area contributed by atoms with Gasteiger partial charge in [-0.3, -0.25) is 4.79 Å². The number of rotatable bonds is 6. The van der Waals surface area contributed by atoms with Crippen molar-refractivity contribution in [2.45, 2.75) is 44.8 Å². The number of aromatic nitrogens is 1. The summed E-state index contributed by atoms with van der Waals surface area (Å²) in [6.45, 7) is 3.99. The van der Waals surface area contributed by atoms with Gasteiger partial charge in [0.1, 0.15) is 10.7 Å². The summed E-state index contributed by atoms with van der Waals surface area (Å²) in [7, 11) is 4.25. The summed E-state index contributed by atoms with van der Waals surface area (Å²) in [6.07, 6.45) is -1.74. The Bertz CT molecular complexity index is 1170. The first-order valence-electron chi connectivity index (χ1n) is 11.4. The molecule has 1 aromatic carbocycles. The van der Waals surface area contributed by atoms with E-state index in [-0.39, 0.29) is 18.7 Å². The van der Waals surface area contributed by atoms with E-state index in [1.54, 1.807) is 0 Å². The van der Waals surface area contributed by atoms with Gasteiger partial charge in [0.15, 0.2) is 0 Å². The second kappa shape index (κ2) is 9.92. The number of hydrogen-bond acceptors (Lipinski definition) is 5. The molecule has 1 aliphatic rings. The van der Waals surface area contributed by atoms with Gasteiger partial charge in [-0.2, -0.15) is 13.2 Å². The Morgan fingerprint density at radius 1 is 1.21 bits per heavy atom. The van der Waals surface area contributed by atoms with Crippen molar-refractivity contribution in [3.63, 3.8) is 0 Å². The lowest BCUT2D eigenvalue weighted by atomic mass is 10.0. The highest BCUT2D eigenvalue weighted by molar-refractivity contribution is 7.10. The maximum Gasteiger partial charge on any atom is 0.425 e. The number of benzene rings is 1. The molecule has 4 rings (SSSR count). The molecule has 0 bridgehead atoms. The van der Waals surface area contributed by atoms with Gasteiger partial charge in [-0.05, 0) is 87.1 Å². The van der Waals surface area contributed by atoms with Crippen molar-refractivity contribution < 1.29 is 18.0 Å². The third-order valence-electron chi connectivity index (χ3n) is 6.38. The number of fused-ring (bicyclic) bond motifs is 1. The number of amides is 1. The van der Waals surface area contributed by atoms with Crippen LogP contribution in [-0.2, 0) is 17.4 Å². The Morgan fingerprint density at radius 3 is 2.59 bits per heavy atom. The van der Waals surface area contributed by atoms with Crippen molar-refractivity contribution in [1.82, 2.24) is 9.88 Å². The van der Waals surface area contributed by atoms with E-state index in [9.17, 15) is 18.0 Å². The van der Waals surface area contributed by atoms with Crippen LogP contribution in [0.1, 0.15) is 35.3 Å². The molecule has 0 radical (unpaired) electrons. The Kier molecular flexibility index (Phi) is 7.14. The lowest BCUT2D eigenvalue weighted by Crippen LogP contribution is -2.42. The molecule has 0 saturated carbocycles. The summed E-state index contributed by atoms with van der Waals surface area (Å²) in [6, 6.07) is 9.45. The summed E-state index contributed by atoms with van der Waals surface area (Å²) in [5, 5.41) is 5.29. The molecule has 0 atom stereocenters. The van der Waals surface area contributed by atoms with Gasteiger partial charge < -0.3 is 15.1 Å². The quantitative estimate of drug-likeness (QED) is 0.480. The molecule has 182 valence electrons. The van der Waals surface area contributed by atoms with Crippen LogP contribution < -0.4 is 10.2 Å². The van der Waals surface area contributed by atoms with E-state index in [0.717, 1.165) is 54.3 Å². The summed E-state index contributed by atoms with van der Waals surface area (Å²) in [5.41, 5.74) is 3.14. The standard InChI is InChI=1S/C25H29F3N4OS/c1-16-12-23(32-10-8-19(9-11-32)31(2)3)30-21-6-5-18(14-20(16)21)29-24(33)7-4-17-13-22(34-15-17)25(26,27)28/h5-6,12-15,19H,4,7-11H2,1-3H3,(H,29,33). The van der Waals surface area contributed by atoms with E-state index in [0.29, 0.717) is 28.6 Å². The Hall–Kier alpha value is -2.65. The van der Waals surface area contributed by atoms with Crippen molar-refractivity contribution in [2.24, 2.45) is 0 Å². The molecule has 34 heavy (non-hydrogen) atoms. The molecule has 5 nitrogen and oxygen atoms in total. The fraction of sp³-hybridized carbons (Fsp3) is 0.440. The van der Waals surface area contributed by atoms with Crippen LogP contribution in [0.15, 0.2) is 35.7 Å². The zero-order valence-corrected chi connectivity index (χ0v) is 20.4. The number of anilines is 2. The van der Waals surface area contributed by atoms with E-state index >= 15 is 0 Å². The van der Waals surface area contributed by atoms with Crippen LogP contribution >= 0.6 is 11.3 Å². The molecule has 1 N–H and O–H groups in total. The molecular formula is C25H29F3N4OS. The van der Waals surface area contributed by atoms with E-state index in [2.05, 4.69) is 35.3 Å². The van der Waals surface area contributed by atoms with Gasteiger partial charge in [0.25, 0.3) is 0 Å². The van der Waals surface area contributed by atoms with E-state index in [4.69, 9.17) is 4.98 Å². The number of alkyl halides is 3. The van der Waals surface area contributed by atoms with Gasteiger partial charge >= 0.3 is 6.18 Å². The van der Waals surface area contributed by atoms with Crippen LogP contribution in [0.2, 0.25) is 0 Å². The average Bonchev–Trinajstić information content (AvgIpc) is 3.28. The predicted octanol–water partition coefficient (Wildman–Crippen LogP) is 5.73. The number of nitrogens with zero attached hydrogens (tertiary/aromatic N) is 3. The highest BCUT2D eigenvalue weighted by Gasteiger charge is 2.32. The molecule has 1 fully saturated rings. The Morgan fingerprint density at radius 2 is 1.94 bits per heavy atom. The lowest BCUT2D eigenvalue weighted by Gasteiger charge is -2.36. The van der Waals surface area contributed by atoms with Crippen LogP contribution in [-0.4, -0.2) is 49.0 Å². The largest absolute Gasteiger partial charge is 0.425 e. The number of aryl methyl sites for hydroxylation is 2. The molecule has 2 aromatic heterocycles. The molecular weight excluding hydrogens is 461 g/mol. The monoisotopic (exact) mass is 490 g/mol. The number of carbonyl (C=O) groups is 1. The zero-order valence-electron chi connectivity index (χ0n) is 19.6. The third-order valence-corrected chi connectivity index (χ3v) is 7.40. The Balaban J connectivity index is 1.39. The fourth-order valence-electron chi connectivity index (χ4n) is 4.36. The number of pyridine rings is 1. The molecule has 1 saturated heterocycles. The first-order valence-corrected chi connectivity index (χ1v) is 12.3. The lowest BCUT2D eigenvalue weighted by molar-refractivity contribution is -0.134. The van der Waals surface area contributed by atoms with Crippen LogP contribution in [0, 0.1) is 6.92 Å². The SMILES string of the molecule is Cc1cc(N2CCC(N(C)C)CC2)nc2ccc(NC(=O)CCc3csc(C(F)(F)F)c3)cc12. The number of halogens is 3. The zero-order chi connectivity index (χ0) is 24.5. The summed E-state index contributed by atoms with van der Waals surface area (Å²) in [4.78, 5) is 21.2. The van der Waals surface area contributed by atoms with E-state index in [1.165, 1.54) is 5.38 Å². The molecule has 1 amide bonds. The van der Waals surface area contributed by atoms with Crippen molar-refractivity contribution >= 4 is 39.7 Å². The number of piperidine rings is 1. The minimum atomic E-state index is -4.34. The highest BCUT2D eigenvalue weighted by atomic mass is 32.1. The van der Waals surface area contributed by atoms with E-state index < -0.39 is 11.1 Å². The maximum atomic E-state index is 12.7. The van der Waals surface area contributed by atoms with Crippen molar-refractivity contribution in [2.75, 3.05) is 37.4 Å². The molecule has 3 aromatic rings. The molecule has 0 aliphatic carbocycles. The van der Waals surface area contributed by atoms with Gasteiger partial charge in [0.05, 0.1) is 5.52 Å². The van der Waals surface area contributed by atoms with Gasteiger partial charge in [-0.15, -0.1) is 11.3 Å². The Labute approximate surface area is 201 Å². The summed E-state index contributed by atoms with van der Waals surface area (Å²) in [5.74, 6) is 0.748. The smallest absolute Gasteiger partial charge is 0.356 e. The molecule has 1 aliphatic heterocycles. The fourth-order valence-corrected chi connectivity index (χ4v) is 5.18. The van der Waals surface area contributed by atoms with Crippen LogP contribution in [0.5, 0.6) is 0 Å². The second-order valence-corrected chi connectivity index (χ2v) is 9.99. The van der Waals surface area contributed by atoms with Gasteiger partial charge in [0.2, 0.25) is 5.91 Å². The van der Waals surface area contributed by atoms with Crippen molar-refractivity contribution in [1.29, 1.82) is 0 Å². The molecule has 9 heteroatoms. The van der Waals surface area contributed by atoms with Crippen LogP contribution in [0.4, 0.5) is 24.7 Å². The topological polar surface area (TPSA) is 48.5 Å². The minimum Gasteiger partial charge on any atom is -0.356 e. The van der Waals surface area contributed by atoms with Gasteiger partial charge in [-0.25, -0.2) is 4.98 Å². The number of hydrogen-bond donors (Lipinski definition) is 1. The van der Waals surface area contributed by atoms with Crippen LogP contribution in [0.3, 0.4) is 0 Å². The maximum absolute atomic E-state index is 12.7. The second-order valence-electron chi connectivity index (χ2n) is 9.08. The van der Waals surface area contributed by atoms with Crippen LogP contribution in [0.25, 0.3) is 10.9 Å². The molecule has 0 unspecified atom stereocenters. The number of thiophene rings is 1. The van der Waals surface area contributed by atoms with E-state index in [1.807, 2.05) is 25.1 Å². The van der Waals surface area contributed by atoms with Gasteiger partial charge in [0, 0.05) is 36.6 Å². The highest BCUT2D eigenvalue weighted by Crippen LogP contribution is 2.34. The number of nitrogens with one attached hydrogen (secondary N) is 1. The summed E-state index contributed by atoms with van der Waals surface area (Å²) >= 11 is 0.658. The first kappa shape index (κ1) is 24.5. The molecule has 0 spiro atoms. The van der Waals surface area contributed by atoms with Crippen molar-refractivity contribution in [3.05, 3.63) is 51.7 Å². The first-order chi connectivity index (χ1) is 16.1.